The van der Waals surface area contributed by atoms with Gasteiger partial charge in [0.05, 0.1) is 39.9 Å². The number of aliphatic hydroxyl groups is 1. The molecule has 7 nitrogen and oxygen atoms in total. The SMILES string of the molecule is O=C(Nc1ccccc1Cl)C1N([C@@H](CO)Cc2ccccc2)C(=O)[C@@H]2[C@H](C(=O)NCc3ccccc3)[C@H]3SC12CC3Br. The molecule has 3 aliphatic rings. The van der Waals surface area contributed by atoms with Gasteiger partial charge in [-0.25, -0.2) is 0 Å². The summed E-state index contributed by atoms with van der Waals surface area (Å²) in [4.78, 5) is 44.0. The lowest BCUT2D eigenvalue weighted by molar-refractivity contribution is -0.142. The largest absolute Gasteiger partial charge is 0.394 e. The average Bonchev–Trinajstić information content (AvgIpc) is 3.60. The van der Waals surface area contributed by atoms with Crippen molar-refractivity contribution in [3.8, 4) is 0 Å². The molecule has 3 fully saturated rings. The molecule has 3 aliphatic heterocycles. The first-order chi connectivity index (χ1) is 20.3. The van der Waals surface area contributed by atoms with Crippen LogP contribution >= 0.6 is 39.3 Å². The smallest absolute Gasteiger partial charge is 0.248 e. The number of benzene rings is 3. The van der Waals surface area contributed by atoms with Gasteiger partial charge in [0, 0.05) is 16.6 Å². The molecule has 3 heterocycles. The molecule has 10 heteroatoms. The second-order valence-electron chi connectivity index (χ2n) is 11.1. The highest BCUT2D eigenvalue weighted by atomic mass is 79.9. The van der Waals surface area contributed by atoms with Crippen molar-refractivity contribution in [3.05, 3.63) is 101 Å². The number of likely N-dealkylation sites (tertiary alicyclic amines) is 1. The number of aliphatic hydroxyl groups excluding tert-OH is 1. The molecule has 0 radical (unpaired) electrons. The maximum Gasteiger partial charge on any atom is 0.248 e. The Kier molecular flexibility index (Phi) is 8.37. The van der Waals surface area contributed by atoms with E-state index in [1.54, 1.807) is 40.9 Å². The van der Waals surface area contributed by atoms with Crippen molar-refractivity contribution in [1.82, 2.24) is 10.2 Å². The van der Waals surface area contributed by atoms with Crippen molar-refractivity contribution < 1.29 is 19.5 Å². The molecule has 3 aromatic rings. The zero-order valence-corrected chi connectivity index (χ0v) is 25.8. The summed E-state index contributed by atoms with van der Waals surface area (Å²) in [7, 11) is 0. The number of thioether (sulfide) groups is 1. The molecular formula is C32H31BrClN3O4S. The van der Waals surface area contributed by atoms with Crippen LogP contribution in [0.3, 0.4) is 0 Å². The third kappa shape index (κ3) is 5.14. The van der Waals surface area contributed by atoms with Crippen molar-refractivity contribution >= 4 is 62.7 Å². The third-order valence-electron chi connectivity index (χ3n) is 8.64. The predicted octanol–water partition coefficient (Wildman–Crippen LogP) is 4.66. The molecule has 0 aliphatic carbocycles. The Balaban J connectivity index is 1.36. The minimum atomic E-state index is -0.908. The fourth-order valence-electron chi connectivity index (χ4n) is 6.86. The number of alkyl halides is 1. The fraction of sp³-hybridized carbons (Fsp3) is 0.344. The standard InChI is InChI=1S/C32H31BrClN3O4S/c33-22-16-32-26(25(27(22)42-32)29(39)35-17-20-11-5-2-6-12-20)31(41)37(21(18-38)15-19-9-3-1-4-10-19)28(32)30(40)36-24-14-8-7-13-23(24)34/h1-14,21-22,25-28,38H,15-18H2,(H,35,39)(H,36,40)/t21-,22?,25+,26+,27+,28?,32?/m1/s1. The Morgan fingerprint density at radius 3 is 2.31 bits per heavy atom. The number of hydrogen-bond donors (Lipinski definition) is 3. The topological polar surface area (TPSA) is 98.7 Å². The van der Waals surface area contributed by atoms with Gasteiger partial charge < -0.3 is 20.6 Å². The number of halogens is 2. The lowest BCUT2D eigenvalue weighted by Crippen LogP contribution is -2.55. The molecular weight excluding hydrogens is 638 g/mol. The maximum atomic E-state index is 14.5. The van der Waals surface area contributed by atoms with Crippen LogP contribution in [0, 0.1) is 11.8 Å². The van der Waals surface area contributed by atoms with E-state index < -0.39 is 28.7 Å². The van der Waals surface area contributed by atoms with E-state index in [0.717, 1.165) is 11.1 Å². The number of fused-ring (bicyclic) bond motifs is 1. The number of nitrogens with one attached hydrogen (secondary N) is 2. The molecule has 1 spiro atoms. The summed E-state index contributed by atoms with van der Waals surface area (Å²) in [6.45, 7) is 0.0256. The van der Waals surface area contributed by atoms with Gasteiger partial charge in [-0.15, -0.1) is 11.8 Å². The summed E-state index contributed by atoms with van der Waals surface area (Å²) in [6.07, 6.45) is 0.917. The minimum Gasteiger partial charge on any atom is -0.394 e. The average molecular weight is 669 g/mol. The molecule has 3 amide bonds. The van der Waals surface area contributed by atoms with Crippen LogP contribution in [-0.4, -0.2) is 61.2 Å². The molecule has 3 unspecified atom stereocenters. The first-order valence-electron chi connectivity index (χ1n) is 14.0. The summed E-state index contributed by atoms with van der Waals surface area (Å²) in [5.41, 5.74) is 2.35. The molecule has 0 aromatic heterocycles. The fourth-order valence-corrected chi connectivity index (χ4v) is 10.6. The number of carbonyl (C=O) groups is 3. The number of para-hydroxylation sites is 1. The van der Waals surface area contributed by atoms with E-state index in [2.05, 4.69) is 26.6 Å². The van der Waals surface area contributed by atoms with Crippen molar-refractivity contribution in [2.75, 3.05) is 11.9 Å². The Labute approximate surface area is 262 Å². The monoisotopic (exact) mass is 667 g/mol. The summed E-state index contributed by atoms with van der Waals surface area (Å²) in [5.74, 6) is -2.16. The number of anilines is 1. The van der Waals surface area contributed by atoms with Gasteiger partial charge in [-0.2, -0.15) is 0 Å². The Morgan fingerprint density at radius 1 is 1.00 bits per heavy atom. The number of nitrogens with zero attached hydrogens (tertiary/aromatic N) is 1. The van der Waals surface area contributed by atoms with Crippen LogP contribution in [0.5, 0.6) is 0 Å². The van der Waals surface area contributed by atoms with Crippen molar-refractivity contribution in [2.24, 2.45) is 11.8 Å². The molecule has 0 saturated carbocycles. The van der Waals surface area contributed by atoms with Crippen molar-refractivity contribution in [1.29, 1.82) is 0 Å². The van der Waals surface area contributed by atoms with E-state index >= 15 is 0 Å². The van der Waals surface area contributed by atoms with Crippen LogP contribution in [0.4, 0.5) is 5.69 Å². The summed E-state index contributed by atoms with van der Waals surface area (Å²) in [6, 6.07) is 24.7. The van der Waals surface area contributed by atoms with Gasteiger partial charge in [-0.3, -0.25) is 14.4 Å². The highest BCUT2D eigenvalue weighted by Crippen LogP contribution is 2.68. The summed E-state index contributed by atoms with van der Waals surface area (Å²) < 4.78 is -0.847. The predicted molar refractivity (Wildman–Crippen MR) is 168 cm³/mol. The summed E-state index contributed by atoms with van der Waals surface area (Å²) >= 11 is 11.8. The number of rotatable bonds is 9. The van der Waals surface area contributed by atoms with Gasteiger partial charge in [-0.1, -0.05) is 100 Å². The molecule has 6 rings (SSSR count). The Bertz CT molecular complexity index is 1480. The second kappa shape index (κ2) is 12.0. The molecule has 3 N–H and O–H groups in total. The van der Waals surface area contributed by atoms with Crippen LogP contribution in [0.2, 0.25) is 5.02 Å². The molecule has 218 valence electrons. The quantitative estimate of drug-likeness (QED) is 0.288. The third-order valence-corrected chi connectivity index (χ3v) is 12.2. The van der Waals surface area contributed by atoms with Crippen LogP contribution < -0.4 is 10.6 Å². The maximum absolute atomic E-state index is 14.5. The molecule has 2 bridgehead atoms. The zero-order chi connectivity index (χ0) is 29.4. The van der Waals surface area contributed by atoms with E-state index in [1.165, 1.54) is 0 Å². The molecule has 3 aromatic carbocycles. The van der Waals surface area contributed by atoms with Crippen molar-refractivity contribution in [2.45, 2.75) is 46.3 Å². The molecule has 7 atom stereocenters. The van der Waals surface area contributed by atoms with E-state index in [9.17, 15) is 19.5 Å². The number of amides is 3. The van der Waals surface area contributed by atoms with E-state index in [-0.39, 0.29) is 34.4 Å². The highest BCUT2D eigenvalue weighted by molar-refractivity contribution is 9.09. The lowest BCUT2D eigenvalue weighted by atomic mass is 9.70. The van der Waals surface area contributed by atoms with Gasteiger partial charge in [0.1, 0.15) is 6.04 Å². The van der Waals surface area contributed by atoms with Crippen LogP contribution in [0.1, 0.15) is 17.5 Å². The van der Waals surface area contributed by atoms with Crippen LogP contribution in [-0.2, 0) is 27.3 Å². The van der Waals surface area contributed by atoms with E-state index in [0.29, 0.717) is 30.1 Å². The van der Waals surface area contributed by atoms with Gasteiger partial charge in [0.15, 0.2) is 0 Å². The van der Waals surface area contributed by atoms with Crippen molar-refractivity contribution in [3.63, 3.8) is 0 Å². The minimum absolute atomic E-state index is 0.0590. The zero-order valence-electron chi connectivity index (χ0n) is 22.7. The van der Waals surface area contributed by atoms with Gasteiger partial charge in [0.25, 0.3) is 0 Å². The van der Waals surface area contributed by atoms with Crippen LogP contribution in [0.25, 0.3) is 0 Å². The highest BCUT2D eigenvalue weighted by Gasteiger charge is 2.76. The Morgan fingerprint density at radius 2 is 1.64 bits per heavy atom. The van der Waals surface area contributed by atoms with Gasteiger partial charge >= 0.3 is 0 Å². The molecule has 3 saturated heterocycles. The first kappa shape index (κ1) is 29.2. The lowest BCUT2D eigenvalue weighted by Gasteiger charge is -2.37. The Hall–Kier alpha value is -2.85. The normalized spacial score (nSPS) is 28.4. The first-order valence-corrected chi connectivity index (χ1v) is 16.2. The van der Waals surface area contributed by atoms with Gasteiger partial charge in [0.2, 0.25) is 17.7 Å². The van der Waals surface area contributed by atoms with Crippen LogP contribution in [0.15, 0.2) is 84.9 Å². The second-order valence-corrected chi connectivity index (χ2v) is 14.2. The van der Waals surface area contributed by atoms with Gasteiger partial charge in [-0.05, 0) is 36.1 Å². The molecule has 42 heavy (non-hydrogen) atoms. The number of carbonyl (C=O) groups excluding carboxylic acids is 3. The summed E-state index contributed by atoms with van der Waals surface area (Å²) in [5, 5.41) is 16.9. The van der Waals surface area contributed by atoms with E-state index in [4.69, 9.17) is 11.6 Å². The number of hydrogen-bond acceptors (Lipinski definition) is 5. The van der Waals surface area contributed by atoms with E-state index in [1.807, 2.05) is 60.7 Å².